The summed E-state index contributed by atoms with van der Waals surface area (Å²) < 4.78 is 24.2. The molecule has 1 N–H and O–H groups in total. The number of amides is 1. The van der Waals surface area contributed by atoms with Gasteiger partial charge in [0.15, 0.2) is 23.9 Å². The second-order valence-corrected chi connectivity index (χ2v) is 8.58. The van der Waals surface area contributed by atoms with Crippen molar-refractivity contribution in [2.24, 2.45) is 0 Å². The standard InChI is InChI=1S/C25H29N5O5/c1-17(26-23(31)15-33-19-6-4-3-5-7-19)25-28-27-22-8-9-29(10-11-30(22)25)14-18-12-20(32-2)24-21(13-18)34-16-35-24/h3-7,12-13,17H,8-11,14-16H2,1-2H3,(H,26,31)/t17-/m1/s1. The third-order valence-corrected chi connectivity index (χ3v) is 6.15. The largest absolute Gasteiger partial charge is 0.493 e. The minimum Gasteiger partial charge on any atom is -0.493 e. The van der Waals surface area contributed by atoms with E-state index in [1.54, 1.807) is 7.11 Å². The lowest BCUT2D eigenvalue weighted by atomic mass is 10.1. The summed E-state index contributed by atoms with van der Waals surface area (Å²) in [5.74, 6) is 4.19. The van der Waals surface area contributed by atoms with Crippen molar-refractivity contribution in [3.63, 3.8) is 0 Å². The molecule has 0 radical (unpaired) electrons. The summed E-state index contributed by atoms with van der Waals surface area (Å²) in [5, 5.41) is 11.7. The summed E-state index contributed by atoms with van der Waals surface area (Å²) in [4.78, 5) is 14.8. The number of methoxy groups -OCH3 is 1. The quantitative estimate of drug-likeness (QED) is 0.526. The van der Waals surface area contributed by atoms with Crippen molar-refractivity contribution in [3.05, 3.63) is 59.7 Å². The van der Waals surface area contributed by atoms with Crippen molar-refractivity contribution in [2.75, 3.05) is 33.6 Å². The van der Waals surface area contributed by atoms with Gasteiger partial charge < -0.3 is 28.8 Å². The smallest absolute Gasteiger partial charge is 0.258 e. The van der Waals surface area contributed by atoms with Crippen LogP contribution in [0, 0.1) is 0 Å². The number of nitrogens with zero attached hydrogens (tertiary/aromatic N) is 4. The van der Waals surface area contributed by atoms with E-state index in [-0.39, 0.29) is 25.3 Å². The van der Waals surface area contributed by atoms with Gasteiger partial charge in [-0.2, -0.15) is 0 Å². The molecule has 5 rings (SSSR count). The van der Waals surface area contributed by atoms with Crippen LogP contribution in [-0.2, 0) is 24.3 Å². The molecule has 1 atom stereocenters. The van der Waals surface area contributed by atoms with Crippen molar-refractivity contribution in [3.8, 4) is 23.0 Å². The van der Waals surface area contributed by atoms with Crippen molar-refractivity contribution in [1.29, 1.82) is 0 Å². The summed E-state index contributed by atoms with van der Waals surface area (Å²) in [7, 11) is 1.63. The highest BCUT2D eigenvalue weighted by molar-refractivity contribution is 5.77. The first kappa shape index (κ1) is 23.0. The highest BCUT2D eigenvalue weighted by Crippen LogP contribution is 2.42. The van der Waals surface area contributed by atoms with E-state index in [9.17, 15) is 4.79 Å². The van der Waals surface area contributed by atoms with Crippen LogP contribution in [0.3, 0.4) is 0 Å². The molecule has 10 heteroatoms. The lowest BCUT2D eigenvalue weighted by Gasteiger charge is -2.21. The summed E-state index contributed by atoms with van der Waals surface area (Å²) >= 11 is 0. The normalized spacial score (nSPS) is 15.7. The number of fused-ring (bicyclic) bond motifs is 2. The Kier molecular flexibility index (Phi) is 6.71. The molecule has 0 spiro atoms. The molecule has 1 aromatic heterocycles. The number of nitrogens with one attached hydrogen (secondary N) is 1. The summed E-state index contributed by atoms with van der Waals surface area (Å²) in [6.45, 7) is 5.24. The summed E-state index contributed by atoms with van der Waals surface area (Å²) in [6.07, 6.45) is 0.770. The van der Waals surface area contributed by atoms with Gasteiger partial charge in [0.25, 0.3) is 5.91 Å². The number of carbonyl (C=O) groups excluding carboxylic acids is 1. The molecular weight excluding hydrogens is 450 g/mol. The Bertz CT molecular complexity index is 1180. The SMILES string of the molecule is COc1cc(CN2CCc3nnc([C@@H](C)NC(=O)COc4ccccc4)n3CC2)cc2c1OCO2. The van der Waals surface area contributed by atoms with Crippen LogP contribution < -0.4 is 24.3 Å². The molecule has 0 saturated carbocycles. The maximum atomic E-state index is 12.4. The van der Waals surface area contributed by atoms with Crippen LogP contribution in [0.4, 0.5) is 0 Å². The van der Waals surface area contributed by atoms with E-state index >= 15 is 0 Å². The molecule has 2 aromatic carbocycles. The van der Waals surface area contributed by atoms with Gasteiger partial charge in [0.05, 0.1) is 13.2 Å². The summed E-state index contributed by atoms with van der Waals surface area (Å²) in [6, 6.07) is 13.0. The molecule has 3 heterocycles. The Labute approximate surface area is 203 Å². The predicted octanol–water partition coefficient (Wildman–Crippen LogP) is 2.33. The third kappa shape index (κ3) is 5.17. The highest BCUT2D eigenvalue weighted by Gasteiger charge is 2.24. The number of ether oxygens (including phenoxy) is 4. The first-order valence-corrected chi connectivity index (χ1v) is 11.7. The van der Waals surface area contributed by atoms with E-state index < -0.39 is 0 Å². The van der Waals surface area contributed by atoms with Crippen LogP contribution in [-0.4, -0.2) is 59.2 Å². The average Bonchev–Trinajstić information content (AvgIpc) is 3.47. The van der Waals surface area contributed by atoms with Gasteiger partial charge in [-0.05, 0) is 36.8 Å². The number of hydrogen-bond donors (Lipinski definition) is 1. The molecule has 0 unspecified atom stereocenters. The van der Waals surface area contributed by atoms with Gasteiger partial charge >= 0.3 is 0 Å². The number of para-hydroxylation sites is 1. The topological polar surface area (TPSA) is 100.0 Å². The Balaban J connectivity index is 1.19. The fraction of sp³-hybridized carbons (Fsp3) is 0.400. The Hall–Kier alpha value is -3.79. The van der Waals surface area contributed by atoms with Gasteiger partial charge in [0.1, 0.15) is 11.6 Å². The van der Waals surface area contributed by atoms with E-state index in [1.165, 1.54) is 0 Å². The van der Waals surface area contributed by atoms with E-state index in [0.717, 1.165) is 55.6 Å². The molecule has 0 saturated heterocycles. The van der Waals surface area contributed by atoms with Crippen LogP contribution in [0.2, 0.25) is 0 Å². The first-order valence-electron chi connectivity index (χ1n) is 11.7. The minimum absolute atomic E-state index is 0.0535. The molecule has 10 nitrogen and oxygen atoms in total. The molecule has 0 fully saturated rings. The van der Waals surface area contributed by atoms with Crippen LogP contribution in [0.5, 0.6) is 23.0 Å². The van der Waals surface area contributed by atoms with Crippen molar-refractivity contribution >= 4 is 5.91 Å². The molecule has 1 amide bonds. The van der Waals surface area contributed by atoms with Gasteiger partial charge in [-0.1, -0.05) is 18.2 Å². The monoisotopic (exact) mass is 479 g/mol. The van der Waals surface area contributed by atoms with Crippen LogP contribution in [0.15, 0.2) is 42.5 Å². The molecule has 2 aliphatic heterocycles. The second-order valence-electron chi connectivity index (χ2n) is 8.58. The maximum absolute atomic E-state index is 12.4. The third-order valence-electron chi connectivity index (χ3n) is 6.15. The molecular formula is C25H29N5O5. The molecule has 0 aliphatic carbocycles. The lowest BCUT2D eigenvalue weighted by Crippen LogP contribution is -2.33. The number of benzene rings is 2. The number of hydrogen-bond acceptors (Lipinski definition) is 8. The molecule has 2 aliphatic rings. The average molecular weight is 480 g/mol. The van der Waals surface area contributed by atoms with Crippen LogP contribution in [0.1, 0.15) is 30.2 Å². The van der Waals surface area contributed by atoms with Gasteiger partial charge in [-0.3, -0.25) is 9.69 Å². The Morgan fingerprint density at radius 1 is 1.14 bits per heavy atom. The lowest BCUT2D eigenvalue weighted by molar-refractivity contribution is -0.123. The van der Waals surface area contributed by atoms with Crippen molar-refractivity contribution in [2.45, 2.75) is 32.5 Å². The fourth-order valence-electron chi connectivity index (χ4n) is 4.41. The zero-order valence-electron chi connectivity index (χ0n) is 19.9. The minimum atomic E-state index is -0.284. The highest BCUT2D eigenvalue weighted by atomic mass is 16.7. The fourth-order valence-corrected chi connectivity index (χ4v) is 4.41. The molecule has 184 valence electrons. The zero-order valence-corrected chi connectivity index (χ0v) is 19.9. The van der Waals surface area contributed by atoms with E-state index in [2.05, 4.69) is 25.0 Å². The van der Waals surface area contributed by atoms with Gasteiger partial charge in [-0.25, -0.2) is 0 Å². The predicted molar refractivity (Wildman–Crippen MR) is 127 cm³/mol. The van der Waals surface area contributed by atoms with E-state index in [1.807, 2.05) is 49.4 Å². The Morgan fingerprint density at radius 2 is 2.00 bits per heavy atom. The van der Waals surface area contributed by atoms with E-state index in [0.29, 0.717) is 17.2 Å². The first-order chi connectivity index (χ1) is 17.1. The van der Waals surface area contributed by atoms with Gasteiger partial charge in [-0.15, -0.1) is 10.2 Å². The number of carbonyl (C=O) groups is 1. The van der Waals surface area contributed by atoms with Gasteiger partial charge in [0.2, 0.25) is 12.5 Å². The number of aromatic nitrogens is 3. The maximum Gasteiger partial charge on any atom is 0.258 e. The zero-order chi connectivity index (χ0) is 24.2. The molecule has 35 heavy (non-hydrogen) atoms. The van der Waals surface area contributed by atoms with Crippen LogP contribution >= 0.6 is 0 Å². The van der Waals surface area contributed by atoms with Crippen molar-refractivity contribution < 1.29 is 23.7 Å². The van der Waals surface area contributed by atoms with Crippen LogP contribution in [0.25, 0.3) is 0 Å². The van der Waals surface area contributed by atoms with E-state index in [4.69, 9.17) is 18.9 Å². The summed E-state index contributed by atoms with van der Waals surface area (Å²) in [5.41, 5.74) is 1.10. The van der Waals surface area contributed by atoms with Gasteiger partial charge in [0, 0.05) is 32.6 Å². The van der Waals surface area contributed by atoms with Crippen molar-refractivity contribution in [1.82, 2.24) is 25.0 Å². The number of rotatable bonds is 8. The molecule has 3 aromatic rings. The molecule has 0 bridgehead atoms. The second kappa shape index (κ2) is 10.2. The Morgan fingerprint density at radius 3 is 2.83 bits per heavy atom.